The number of carbonyl (C=O) groups is 1. The first kappa shape index (κ1) is 21.9. The van der Waals surface area contributed by atoms with Gasteiger partial charge in [0.1, 0.15) is 23.0 Å². The van der Waals surface area contributed by atoms with Crippen molar-refractivity contribution in [2.45, 2.75) is 52.9 Å². The van der Waals surface area contributed by atoms with Crippen molar-refractivity contribution in [3.63, 3.8) is 0 Å². The third-order valence-electron chi connectivity index (χ3n) is 4.76. The number of benzene rings is 1. The van der Waals surface area contributed by atoms with E-state index in [1.165, 1.54) is 11.3 Å². The molecule has 1 N–H and O–H groups in total. The van der Waals surface area contributed by atoms with Gasteiger partial charge in [-0.2, -0.15) is 0 Å². The minimum atomic E-state index is -0.282. The van der Waals surface area contributed by atoms with E-state index in [4.69, 9.17) is 14.2 Å². The maximum atomic E-state index is 12.6. The summed E-state index contributed by atoms with van der Waals surface area (Å²) in [5.74, 6) is 1.20. The Morgan fingerprint density at radius 2 is 1.97 bits per heavy atom. The molecule has 1 fully saturated rings. The molecule has 2 heterocycles. The molecule has 3 rings (SSSR count). The molecule has 1 unspecified atom stereocenters. The van der Waals surface area contributed by atoms with Crippen LogP contribution < -0.4 is 14.8 Å². The zero-order chi connectivity index (χ0) is 21.0. The Morgan fingerprint density at radius 3 is 2.66 bits per heavy atom. The molecule has 1 aromatic carbocycles. The lowest BCUT2D eigenvalue weighted by Gasteiger charge is -2.33. The van der Waals surface area contributed by atoms with Crippen LogP contribution in [0.5, 0.6) is 11.5 Å². The predicted octanol–water partition coefficient (Wildman–Crippen LogP) is 3.93. The fraction of sp³-hybridized carbons (Fsp3) is 0.591. The van der Waals surface area contributed by atoms with E-state index in [1.54, 1.807) is 0 Å². The molecule has 1 aliphatic heterocycles. The smallest absolute Gasteiger partial charge is 0.348 e. The van der Waals surface area contributed by atoms with Gasteiger partial charge >= 0.3 is 5.97 Å². The molecule has 29 heavy (non-hydrogen) atoms. The van der Waals surface area contributed by atoms with Gasteiger partial charge in [-0.15, -0.1) is 11.3 Å². The molecular weight excluding hydrogens is 388 g/mol. The number of hydrogen-bond donors (Lipinski definition) is 1. The number of ether oxygens (including phenoxy) is 3. The highest BCUT2D eigenvalue weighted by atomic mass is 32.1. The second kappa shape index (κ2) is 9.78. The van der Waals surface area contributed by atoms with Crippen LogP contribution in [0, 0.1) is 0 Å². The fourth-order valence-electron chi connectivity index (χ4n) is 3.42. The number of rotatable bonds is 8. The molecule has 1 aliphatic rings. The largest absolute Gasteiger partial charge is 0.491 e. The lowest BCUT2D eigenvalue weighted by Crippen LogP contribution is -2.50. The molecular formula is C22H32N2O4S. The summed E-state index contributed by atoms with van der Waals surface area (Å²) in [5, 5.41) is 4.29. The van der Waals surface area contributed by atoms with Crippen LogP contribution in [-0.2, 0) is 4.74 Å². The van der Waals surface area contributed by atoms with Gasteiger partial charge in [-0.1, -0.05) is 0 Å². The zero-order valence-corrected chi connectivity index (χ0v) is 18.8. The van der Waals surface area contributed by atoms with Crippen molar-refractivity contribution in [2.24, 2.45) is 0 Å². The van der Waals surface area contributed by atoms with E-state index >= 15 is 0 Å². The highest BCUT2D eigenvalue weighted by molar-refractivity contribution is 7.20. The molecule has 1 saturated heterocycles. The highest BCUT2D eigenvalue weighted by Gasteiger charge is 2.20. The third-order valence-corrected chi connectivity index (χ3v) is 5.82. The summed E-state index contributed by atoms with van der Waals surface area (Å²) in [7, 11) is 0. The Bertz CT molecular complexity index is 834. The molecule has 0 saturated carbocycles. The first-order valence-corrected chi connectivity index (χ1v) is 11.2. The molecule has 1 aromatic heterocycles. The normalized spacial score (nSPS) is 17.8. The maximum absolute atomic E-state index is 12.6. The van der Waals surface area contributed by atoms with Crippen LogP contribution in [0.4, 0.5) is 0 Å². The Morgan fingerprint density at radius 1 is 1.21 bits per heavy atom. The van der Waals surface area contributed by atoms with Crippen molar-refractivity contribution in [1.29, 1.82) is 0 Å². The van der Waals surface area contributed by atoms with E-state index in [0.29, 0.717) is 17.5 Å². The monoisotopic (exact) mass is 420 g/mol. The summed E-state index contributed by atoms with van der Waals surface area (Å²) in [6.07, 6.45) is 0.0972. The Balaban J connectivity index is 1.72. The van der Waals surface area contributed by atoms with E-state index in [-0.39, 0.29) is 18.2 Å². The first-order chi connectivity index (χ1) is 13.8. The lowest BCUT2D eigenvalue weighted by atomic mass is 10.2. The average molecular weight is 421 g/mol. The highest BCUT2D eigenvalue weighted by Crippen LogP contribution is 2.38. The Hall–Kier alpha value is -1.83. The maximum Gasteiger partial charge on any atom is 0.348 e. The zero-order valence-electron chi connectivity index (χ0n) is 18.0. The Labute approximate surface area is 177 Å². The number of carbonyl (C=O) groups excluding carboxylic acids is 1. The molecule has 0 aliphatic carbocycles. The molecule has 2 aromatic rings. The summed E-state index contributed by atoms with van der Waals surface area (Å²) in [5.41, 5.74) is 0. The van der Waals surface area contributed by atoms with E-state index in [9.17, 15) is 4.79 Å². The van der Waals surface area contributed by atoms with E-state index in [1.807, 2.05) is 45.9 Å². The molecule has 0 spiro atoms. The van der Waals surface area contributed by atoms with E-state index in [0.717, 1.165) is 47.8 Å². The summed E-state index contributed by atoms with van der Waals surface area (Å²) < 4.78 is 18.4. The standard InChI is InChI=1S/C22H32N2O4S/c1-14(2)27-17-10-19(28-15(3)4)18-12-21(29-20(18)11-17)22(25)26-9-8-24-7-6-23-13-16(24)5/h10-12,14-16,23H,6-9,13H2,1-5H3. The van der Waals surface area contributed by atoms with Crippen molar-refractivity contribution in [3.8, 4) is 11.5 Å². The van der Waals surface area contributed by atoms with Crippen LogP contribution >= 0.6 is 11.3 Å². The summed E-state index contributed by atoms with van der Waals surface area (Å²) in [6, 6.07) is 6.19. The molecule has 6 nitrogen and oxygen atoms in total. The molecule has 7 heteroatoms. The van der Waals surface area contributed by atoms with Crippen LogP contribution in [0.2, 0.25) is 0 Å². The second-order valence-corrected chi connectivity index (χ2v) is 9.09. The van der Waals surface area contributed by atoms with Gasteiger partial charge in [-0.05, 0) is 46.8 Å². The van der Waals surface area contributed by atoms with Gasteiger partial charge in [0, 0.05) is 48.4 Å². The fourth-order valence-corrected chi connectivity index (χ4v) is 4.42. The van der Waals surface area contributed by atoms with Gasteiger partial charge in [-0.25, -0.2) is 4.79 Å². The first-order valence-electron chi connectivity index (χ1n) is 10.4. The van der Waals surface area contributed by atoms with Gasteiger partial charge in [0.25, 0.3) is 0 Å². The van der Waals surface area contributed by atoms with Crippen LogP contribution in [0.1, 0.15) is 44.3 Å². The predicted molar refractivity (Wildman–Crippen MR) is 118 cm³/mol. The average Bonchev–Trinajstić information content (AvgIpc) is 3.07. The van der Waals surface area contributed by atoms with Crippen molar-refractivity contribution in [3.05, 3.63) is 23.1 Å². The molecule has 0 amide bonds. The van der Waals surface area contributed by atoms with Crippen molar-refractivity contribution in [1.82, 2.24) is 10.2 Å². The molecule has 160 valence electrons. The van der Waals surface area contributed by atoms with E-state index < -0.39 is 0 Å². The molecule has 0 radical (unpaired) electrons. The summed E-state index contributed by atoms with van der Waals surface area (Å²) >= 11 is 1.42. The second-order valence-electron chi connectivity index (χ2n) is 8.00. The number of thiophene rings is 1. The Kier molecular flexibility index (Phi) is 7.38. The number of fused-ring (bicyclic) bond motifs is 1. The SMILES string of the molecule is CC(C)Oc1cc(OC(C)C)c2cc(C(=O)OCCN3CCNCC3C)sc2c1. The molecule has 0 bridgehead atoms. The number of nitrogens with zero attached hydrogens (tertiary/aromatic N) is 1. The summed E-state index contributed by atoms with van der Waals surface area (Å²) in [6.45, 7) is 14.2. The van der Waals surface area contributed by atoms with Crippen LogP contribution in [0.15, 0.2) is 18.2 Å². The lowest BCUT2D eigenvalue weighted by molar-refractivity contribution is 0.0431. The van der Waals surface area contributed by atoms with Crippen LogP contribution in [-0.4, -0.2) is 61.9 Å². The molecule has 1 atom stereocenters. The van der Waals surface area contributed by atoms with Gasteiger partial charge in [0.2, 0.25) is 0 Å². The van der Waals surface area contributed by atoms with Gasteiger partial charge in [0.15, 0.2) is 0 Å². The van der Waals surface area contributed by atoms with Crippen molar-refractivity contribution < 1.29 is 19.0 Å². The number of hydrogen-bond acceptors (Lipinski definition) is 7. The third kappa shape index (κ3) is 5.84. The van der Waals surface area contributed by atoms with Crippen molar-refractivity contribution in [2.75, 3.05) is 32.8 Å². The van der Waals surface area contributed by atoms with Crippen LogP contribution in [0.25, 0.3) is 10.1 Å². The number of nitrogens with one attached hydrogen (secondary N) is 1. The van der Waals surface area contributed by atoms with Crippen molar-refractivity contribution >= 4 is 27.4 Å². The minimum absolute atomic E-state index is 0.0313. The topological polar surface area (TPSA) is 60.0 Å². The number of piperazine rings is 1. The van der Waals surface area contributed by atoms with E-state index in [2.05, 4.69) is 17.1 Å². The minimum Gasteiger partial charge on any atom is -0.491 e. The number of esters is 1. The van der Waals surface area contributed by atoms with Gasteiger partial charge in [0.05, 0.1) is 12.2 Å². The summed E-state index contributed by atoms with van der Waals surface area (Å²) in [4.78, 5) is 15.6. The van der Waals surface area contributed by atoms with Gasteiger partial charge in [-0.3, -0.25) is 4.90 Å². The quantitative estimate of drug-likeness (QED) is 0.653. The van der Waals surface area contributed by atoms with Crippen LogP contribution in [0.3, 0.4) is 0 Å². The van der Waals surface area contributed by atoms with Gasteiger partial charge < -0.3 is 19.5 Å².